The third-order valence-corrected chi connectivity index (χ3v) is 0. The summed E-state index contributed by atoms with van der Waals surface area (Å²) in [5.74, 6) is 0. The van der Waals surface area contributed by atoms with Crippen LogP contribution in [0.5, 0.6) is 0 Å². The Kier molecular flexibility index (Phi) is 46.0. The zero-order valence-corrected chi connectivity index (χ0v) is 22.2. The van der Waals surface area contributed by atoms with Crippen LogP contribution in [0.1, 0.15) is 0 Å². The van der Waals surface area contributed by atoms with Gasteiger partial charge in [-0.05, 0) is 0 Å². The summed E-state index contributed by atoms with van der Waals surface area (Å²) in [6, 6.07) is 0. The van der Waals surface area contributed by atoms with Crippen LogP contribution >= 0.6 is 46.9 Å². The summed E-state index contributed by atoms with van der Waals surface area (Å²) in [5.41, 5.74) is 0. The van der Waals surface area contributed by atoms with E-state index in [0.717, 1.165) is 0 Å². The maximum absolute atomic E-state index is 8.88. The molecule has 18 N–H and O–H groups in total. The number of hydrogen-bond donors (Lipinski definition) is 18. The number of halogens is 2. The average Bonchev–Trinajstić information content (AvgIpc) is 1.94. The van der Waals surface area contributed by atoms with E-state index in [1.165, 1.54) is 0 Å². The molecule has 24 nitrogen and oxygen atoms in total. The molecule has 0 saturated heterocycles. The quantitative estimate of drug-likeness (QED) is 0.0842. The van der Waals surface area contributed by atoms with Gasteiger partial charge in [0.25, 0.3) is 0 Å². The summed E-state index contributed by atoms with van der Waals surface area (Å²) < 4.78 is 53.3. The third kappa shape index (κ3) is 10800. The largest absolute Gasteiger partial charge is 2.00 e. The van der Waals surface area contributed by atoms with Crippen LogP contribution in [0.3, 0.4) is 0 Å². The second kappa shape index (κ2) is 25.4. The van der Waals surface area contributed by atoms with Crippen molar-refractivity contribution in [2.45, 2.75) is 0 Å². The van der Waals surface area contributed by atoms with Gasteiger partial charge in [0.15, 0.2) is 0 Å². The molecular formula is H18CaF2O24P6. The van der Waals surface area contributed by atoms with Crippen LogP contribution in [-0.4, -0.2) is 126 Å². The molecule has 0 aromatic heterocycles. The fourth-order valence-corrected chi connectivity index (χ4v) is 0. The molecule has 0 spiro atoms. The fourth-order valence-electron chi connectivity index (χ4n) is 0. The van der Waals surface area contributed by atoms with Crippen molar-refractivity contribution in [2.24, 2.45) is 0 Å². The molecule has 208 valence electrons. The van der Waals surface area contributed by atoms with E-state index in [1.807, 2.05) is 0 Å². The Bertz CT molecular complexity index is 471. The van der Waals surface area contributed by atoms with Crippen LogP contribution in [-0.2, 0) is 27.4 Å². The maximum atomic E-state index is 8.88. The fraction of sp³-hybridized carbons (Fsp3) is 0. The summed E-state index contributed by atoms with van der Waals surface area (Å²) in [6.45, 7) is 0. The minimum Gasteiger partial charge on any atom is -1.00 e. The van der Waals surface area contributed by atoms with Crippen molar-refractivity contribution in [1.29, 1.82) is 0 Å². The smallest absolute Gasteiger partial charge is 1.00 e. The Morgan fingerprint density at radius 2 is 0.242 bits per heavy atom. The van der Waals surface area contributed by atoms with Gasteiger partial charge in [-0.2, -0.15) is 0 Å². The molecule has 0 bridgehead atoms. The first-order chi connectivity index (χ1) is 12.0. The molecule has 0 amide bonds. The van der Waals surface area contributed by atoms with Crippen LogP contribution in [0, 0.1) is 0 Å². The molecule has 0 rings (SSSR count). The normalized spacial score (nSPS) is 10.7. The van der Waals surface area contributed by atoms with Crippen molar-refractivity contribution in [3.05, 3.63) is 0 Å². The van der Waals surface area contributed by atoms with Gasteiger partial charge in [-0.25, -0.2) is 27.4 Å². The average molecular weight is 666 g/mol. The summed E-state index contributed by atoms with van der Waals surface area (Å²) in [7, 11) is -27.8. The predicted octanol–water partition coefficient (Wildman–Crippen LogP) is -11.9. The second-order valence-electron chi connectivity index (χ2n) is 3.08. The van der Waals surface area contributed by atoms with Crippen molar-refractivity contribution in [2.75, 3.05) is 0 Å². The zero-order valence-electron chi connectivity index (χ0n) is 14.6. The summed E-state index contributed by atoms with van der Waals surface area (Å²) in [6.07, 6.45) is 0. The van der Waals surface area contributed by atoms with E-state index in [2.05, 4.69) is 0 Å². The summed E-state index contributed by atoms with van der Waals surface area (Å²) in [5, 5.41) is 0. The van der Waals surface area contributed by atoms with Gasteiger partial charge in [0, 0.05) is 0 Å². The van der Waals surface area contributed by atoms with E-state index < -0.39 is 46.9 Å². The topological polar surface area (TPSA) is 467 Å². The number of hydrogen-bond acceptors (Lipinski definition) is 6. The van der Waals surface area contributed by atoms with E-state index in [1.54, 1.807) is 0 Å². The minimum absolute atomic E-state index is 0. The van der Waals surface area contributed by atoms with Crippen molar-refractivity contribution < 1.29 is 125 Å². The molecule has 0 aliphatic carbocycles. The van der Waals surface area contributed by atoms with Crippen LogP contribution in [0.15, 0.2) is 0 Å². The molecule has 0 aliphatic rings. The Morgan fingerprint density at radius 1 is 0.242 bits per heavy atom. The van der Waals surface area contributed by atoms with E-state index in [-0.39, 0.29) is 47.1 Å². The molecule has 0 unspecified atom stereocenters. The molecule has 0 aromatic carbocycles. The van der Waals surface area contributed by atoms with Gasteiger partial charge >= 0.3 is 84.7 Å². The first kappa shape index (κ1) is 59.7. The van der Waals surface area contributed by atoms with E-state index >= 15 is 0 Å². The first-order valence-corrected chi connectivity index (χ1v) is 14.1. The molecule has 0 aromatic rings. The van der Waals surface area contributed by atoms with Crippen LogP contribution in [0.2, 0.25) is 0 Å². The Balaban J connectivity index is -0.0000000294. The van der Waals surface area contributed by atoms with Crippen LogP contribution in [0.25, 0.3) is 0 Å². The number of phosphoric acid groups is 6. The summed E-state index contributed by atoms with van der Waals surface area (Å²) in [4.78, 5) is 129. The van der Waals surface area contributed by atoms with Crippen molar-refractivity contribution in [3.8, 4) is 0 Å². The zero-order chi connectivity index (χ0) is 27.0. The first-order valence-electron chi connectivity index (χ1n) is 4.70. The molecule has 33 heavy (non-hydrogen) atoms. The SMILES string of the molecule is O=P(O)(O)O.O=P(O)(O)O.O=P(O)(O)O.O=P(O)(O)O.O=P(O)(O)O.O=P(O)(O)O.[Ca+2].[F-].[F-]. The van der Waals surface area contributed by atoms with Gasteiger partial charge in [-0.3, -0.25) is 0 Å². The van der Waals surface area contributed by atoms with E-state index in [9.17, 15) is 0 Å². The predicted molar refractivity (Wildman–Crippen MR) is 91.3 cm³/mol. The molecule has 0 radical (unpaired) electrons. The van der Waals surface area contributed by atoms with E-state index in [4.69, 9.17) is 115 Å². The van der Waals surface area contributed by atoms with Gasteiger partial charge in [0.2, 0.25) is 0 Å². The standard InChI is InChI=1S/Ca.2FH.6H3O4P/c;;;6*1-5(2,3)4/h;2*1H;6*(H3,1,2,3,4)/q+2;;;;;;;;/p-2. The van der Waals surface area contributed by atoms with Gasteiger partial charge in [-0.15, -0.1) is 0 Å². The molecular weight excluding hydrogens is 648 g/mol. The van der Waals surface area contributed by atoms with Crippen molar-refractivity contribution in [1.82, 2.24) is 0 Å². The monoisotopic (exact) mass is 666 g/mol. The van der Waals surface area contributed by atoms with Gasteiger partial charge in [-0.1, -0.05) is 0 Å². The van der Waals surface area contributed by atoms with Gasteiger partial charge < -0.3 is 97.5 Å². The molecule has 33 heteroatoms. The van der Waals surface area contributed by atoms with Crippen molar-refractivity contribution in [3.63, 3.8) is 0 Å². The molecule has 0 fully saturated rings. The third-order valence-electron chi connectivity index (χ3n) is 0. The van der Waals surface area contributed by atoms with E-state index in [0.29, 0.717) is 0 Å². The Hall–Kier alpha value is 1.78. The molecule has 0 saturated carbocycles. The molecule has 0 atom stereocenters. The second-order valence-corrected chi connectivity index (χ2v) is 9.24. The van der Waals surface area contributed by atoms with Gasteiger partial charge in [0.1, 0.15) is 0 Å². The van der Waals surface area contributed by atoms with Crippen LogP contribution in [0.4, 0.5) is 0 Å². The number of rotatable bonds is 0. The van der Waals surface area contributed by atoms with Crippen molar-refractivity contribution >= 4 is 84.7 Å². The molecule has 0 heterocycles. The van der Waals surface area contributed by atoms with Crippen LogP contribution < -0.4 is 9.41 Å². The van der Waals surface area contributed by atoms with Gasteiger partial charge in [0.05, 0.1) is 0 Å². The Morgan fingerprint density at radius 3 is 0.242 bits per heavy atom. The maximum Gasteiger partial charge on any atom is 2.00 e. The molecule has 0 aliphatic heterocycles. The summed E-state index contributed by atoms with van der Waals surface area (Å²) >= 11 is 0. The Labute approximate surface area is 209 Å². The minimum atomic E-state index is -4.64.